The molecule has 0 aromatic carbocycles. The van der Waals surface area contributed by atoms with Crippen molar-refractivity contribution < 1.29 is 9.59 Å². The molecule has 1 aromatic heterocycles. The van der Waals surface area contributed by atoms with Gasteiger partial charge >= 0.3 is 0 Å². The highest BCUT2D eigenvalue weighted by molar-refractivity contribution is 7.10. The summed E-state index contributed by atoms with van der Waals surface area (Å²) in [5.41, 5.74) is 0.925. The van der Waals surface area contributed by atoms with E-state index in [9.17, 15) is 9.59 Å². The third kappa shape index (κ3) is 2.63. The molecule has 0 aliphatic carbocycles. The first-order valence-electron chi connectivity index (χ1n) is 4.47. The average Bonchev–Trinajstić information content (AvgIpc) is 2.64. The highest BCUT2D eigenvalue weighted by Gasteiger charge is 2.12. The van der Waals surface area contributed by atoms with Crippen molar-refractivity contribution in [3.63, 3.8) is 0 Å². The van der Waals surface area contributed by atoms with Crippen LogP contribution >= 0.6 is 11.5 Å². The molecule has 1 heterocycles. The second-order valence-electron chi connectivity index (χ2n) is 2.77. The van der Waals surface area contributed by atoms with Crippen LogP contribution < -0.4 is 5.32 Å². The summed E-state index contributed by atoms with van der Waals surface area (Å²) in [6, 6.07) is 1.78. The molecule has 0 fully saturated rings. The molecule has 4 nitrogen and oxygen atoms in total. The lowest BCUT2D eigenvalue weighted by Crippen LogP contribution is -2.21. The molecule has 1 rings (SSSR count). The Morgan fingerprint density at radius 2 is 2.21 bits per heavy atom. The van der Waals surface area contributed by atoms with Crippen molar-refractivity contribution in [2.75, 3.05) is 5.32 Å². The number of amides is 1. The number of anilines is 1. The molecule has 0 atom stereocenters. The SMILES string of the molecule is CCC(=O)C(=O)Nc1cc(CC)ns1. The van der Waals surface area contributed by atoms with Gasteiger partial charge in [-0.15, -0.1) is 0 Å². The molecule has 0 spiro atoms. The van der Waals surface area contributed by atoms with Gasteiger partial charge in [0, 0.05) is 6.42 Å². The molecule has 1 aromatic rings. The van der Waals surface area contributed by atoms with Gasteiger partial charge in [-0.05, 0) is 24.0 Å². The Morgan fingerprint density at radius 3 is 2.71 bits per heavy atom. The van der Waals surface area contributed by atoms with Crippen LogP contribution in [-0.4, -0.2) is 16.1 Å². The summed E-state index contributed by atoms with van der Waals surface area (Å²) in [6.07, 6.45) is 1.05. The lowest BCUT2D eigenvalue weighted by atomic mass is 10.3. The van der Waals surface area contributed by atoms with Crippen LogP contribution in [0.2, 0.25) is 0 Å². The fraction of sp³-hybridized carbons (Fsp3) is 0.444. The van der Waals surface area contributed by atoms with Gasteiger partial charge in [-0.25, -0.2) is 0 Å². The number of hydrogen-bond acceptors (Lipinski definition) is 4. The molecule has 0 aliphatic heterocycles. The van der Waals surface area contributed by atoms with E-state index < -0.39 is 11.7 Å². The number of hydrogen-bond donors (Lipinski definition) is 1. The lowest BCUT2D eigenvalue weighted by molar-refractivity contribution is -0.134. The molecular weight excluding hydrogens is 200 g/mol. The average molecular weight is 212 g/mol. The van der Waals surface area contributed by atoms with E-state index in [1.807, 2.05) is 6.92 Å². The first kappa shape index (κ1) is 10.8. The Labute approximate surface area is 86.5 Å². The van der Waals surface area contributed by atoms with E-state index in [0.717, 1.165) is 12.1 Å². The van der Waals surface area contributed by atoms with Crippen molar-refractivity contribution in [3.05, 3.63) is 11.8 Å². The van der Waals surface area contributed by atoms with E-state index in [1.54, 1.807) is 13.0 Å². The monoisotopic (exact) mass is 212 g/mol. The third-order valence-corrected chi connectivity index (χ3v) is 2.47. The Bertz CT molecular complexity index is 346. The topological polar surface area (TPSA) is 59.1 Å². The second-order valence-corrected chi connectivity index (χ2v) is 3.57. The minimum absolute atomic E-state index is 0.227. The molecule has 1 N–H and O–H groups in total. The maximum atomic E-state index is 11.2. The molecule has 76 valence electrons. The van der Waals surface area contributed by atoms with Crippen molar-refractivity contribution in [2.45, 2.75) is 26.7 Å². The van der Waals surface area contributed by atoms with Crippen molar-refractivity contribution in [1.29, 1.82) is 0 Å². The largest absolute Gasteiger partial charge is 0.310 e. The summed E-state index contributed by atoms with van der Waals surface area (Å²) in [5.74, 6) is -0.963. The van der Waals surface area contributed by atoms with E-state index in [0.29, 0.717) is 5.00 Å². The smallest absolute Gasteiger partial charge is 0.292 e. The Morgan fingerprint density at radius 1 is 1.50 bits per heavy atom. The van der Waals surface area contributed by atoms with Crippen LogP contribution in [0, 0.1) is 0 Å². The molecule has 0 radical (unpaired) electrons. The number of ketones is 1. The summed E-state index contributed by atoms with van der Waals surface area (Å²) < 4.78 is 4.09. The van der Waals surface area contributed by atoms with Gasteiger partial charge in [0.1, 0.15) is 5.00 Å². The first-order chi connectivity index (χ1) is 6.67. The zero-order chi connectivity index (χ0) is 10.6. The minimum Gasteiger partial charge on any atom is -0.310 e. The maximum Gasteiger partial charge on any atom is 0.292 e. The van der Waals surface area contributed by atoms with Gasteiger partial charge in [-0.1, -0.05) is 13.8 Å². The van der Waals surface area contributed by atoms with Crippen LogP contribution in [0.3, 0.4) is 0 Å². The van der Waals surface area contributed by atoms with Gasteiger partial charge < -0.3 is 5.32 Å². The van der Waals surface area contributed by atoms with Crippen LogP contribution in [0.15, 0.2) is 6.07 Å². The zero-order valence-electron chi connectivity index (χ0n) is 8.16. The number of aryl methyl sites for hydroxylation is 1. The van der Waals surface area contributed by atoms with Gasteiger partial charge in [-0.3, -0.25) is 9.59 Å². The summed E-state index contributed by atoms with van der Waals surface area (Å²) >= 11 is 1.20. The van der Waals surface area contributed by atoms with Gasteiger partial charge in [0.15, 0.2) is 0 Å². The van der Waals surface area contributed by atoms with E-state index in [2.05, 4.69) is 9.69 Å². The highest BCUT2D eigenvalue weighted by atomic mass is 32.1. The highest BCUT2D eigenvalue weighted by Crippen LogP contribution is 2.16. The number of aromatic nitrogens is 1. The summed E-state index contributed by atoms with van der Waals surface area (Å²) in [5, 5.41) is 3.15. The van der Waals surface area contributed by atoms with Crippen molar-refractivity contribution in [3.8, 4) is 0 Å². The van der Waals surface area contributed by atoms with Gasteiger partial charge in [-0.2, -0.15) is 4.37 Å². The Kier molecular flexibility index (Phi) is 3.76. The molecule has 0 saturated carbocycles. The van der Waals surface area contributed by atoms with Gasteiger partial charge in [0.25, 0.3) is 5.91 Å². The Balaban J connectivity index is 2.60. The molecule has 0 saturated heterocycles. The summed E-state index contributed by atoms with van der Waals surface area (Å²) in [7, 11) is 0. The Hall–Kier alpha value is -1.23. The summed E-state index contributed by atoms with van der Waals surface area (Å²) in [4.78, 5) is 22.1. The van der Waals surface area contributed by atoms with E-state index in [-0.39, 0.29) is 6.42 Å². The molecule has 0 aliphatic rings. The third-order valence-electron chi connectivity index (χ3n) is 1.73. The number of carbonyl (C=O) groups is 2. The van der Waals surface area contributed by atoms with Crippen molar-refractivity contribution in [2.24, 2.45) is 0 Å². The van der Waals surface area contributed by atoms with Crippen LogP contribution in [0.4, 0.5) is 5.00 Å². The van der Waals surface area contributed by atoms with Crippen molar-refractivity contribution in [1.82, 2.24) is 4.37 Å². The van der Waals surface area contributed by atoms with Crippen LogP contribution in [-0.2, 0) is 16.0 Å². The number of nitrogens with one attached hydrogen (secondary N) is 1. The fourth-order valence-corrected chi connectivity index (χ4v) is 1.60. The molecule has 0 unspecified atom stereocenters. The fourth-order valence-electron chi connectivity index (χ4n) is 0.880. The van der Waals surface area contributed by atoms with Crippen molar-refractivity contribution >= 4 is 28.2 Å². The van der Waals surface area contributed by atoms with Gasteiger partial charge in [0.2, 0.25) is 5.78 Å². The number of Topliss-reactive ketones (excluding diaryl/α,β-unsaturated/α-hetero) is 1. The number of nitrogens with zero attached hydrogens (tertiary/aromatic N) is 1. The summed E-state index contributed by atoms with van der Waals surface area (Å²) in [6.45, 7) is 3.64. The second kappa shape index (κ2) is 4.85. The molecule has 14 heavy (non-hydrogen) atoms. The zero-order valence-corrected chi connectivity index (χ0v) is 8.98. The van der Waals surface area contributed by atoms with Gasteiger partial charge in [0.05, 0.1) is 5.69 Å². The number of carbonyl (C=O) groups excluding carboxylic acids is 2. The first-order valence-corrected chi connectivity index (χ1v) is 5.24. The lowest BCUT2D eigenvalue weighted by Gasteiger charge is -1.97. The quantitative estimate of drug-likeness (QED) is 0.771. The minimum atomic E-state index is -0.557. The normalized spacial score (nSPS) is 9.86. The van der Waals surface area contributed by atoms with Crippen LogP contribution in [0.1, 0.15) is 26.0 Å². The van der Waals surface area contributed by atoms with E-state index >= 15 is 0 Å². The van der Waals surface area contributed by atoms with Crippen LogP contribution in [0.25, 0.3) is 0 Å². The molecule has 5 heteroatoms. The molecular formula is C9H12N2O2S. The predicted molar refractivity (Wildman–Crippen MR) is 55.4 cm³/mol. The van der Waals surface area contributed by atoms with Crippen LogP contribution in [0.5, 0.6) is 0 Å². The molecule has 0 bridgehead atoms. The molecule has 1 amide bonds. The number of rotatable bonds is 4. The maximum absolute atomic E-state index is 11.2. The van der Waals surface area contributed by atoms with E-state index in [4.69, 9.17) is 0 Å². The standard InChI is InChI=1S/C9H12N2O2S/c1-3-6-5-8(14-11-6)10-9(13)7(12)4-2/h5H,3-4H2,1-2H3,(H,10,13). The van der Waals surface area contributed by atoms with E-state index in [1.165, 1.54) is 11.5 Å². The predicted octanol–water partition coefficient (Wildman–Crippen LogP) is 1.62.